The van der Waals surface area contributed by atoms with E-state index < -0.39 is 13.9 Å². The fourth-order valence-electron chi connectivity index (χ4n) is 5.48. The summed E-state index contributed by atoms with van der Waals surface area (Å²) in [5, 5.41) is 9.53. The highest BCUT2D eigenvalue weighted by Gasteiger charge is 2.16. The molecule has 0 bridgehead atoms. The van der Waals surface area contributed by atoms with Crippen molar-refractivity contribution in [3.05, 3.63) is 24.3 Å². The predicted molar refractivity (Wildman–Crippen MR) is 214 cm³/mol. The van der Waals surface area contributed by atoms with Crippen molar-refractivity contribution in [1.82, 2.24) is 0 Å². The summed E-state index contributed by atoms with van der Waals surface area (Å²) < 4.78 is 24.3. The molecule has 0 saturated heterocycles. The highest BCUT2D eigenvalue weighted by Crippen LogP contribution is 2.34. The summed E-state index contributed by atoms with van der Waals surface area (Å²) in [4.78, 5) is 40.2. The minimum absolute atomic E-state index is 0.0709. The second-order valence-electron chi connectivity index (χ2n) is 13.8. The third-order valence-electron chi connectivity index (χ3n) is 8.59. The zero-order valence-electron chi connectivity index (χ0n) is 33.3. The SMILES string of the molecule is CCCCCCCC/C=C\CCCCCCCC(=O)OC[C@H](CO)OC(=O)CCCCCCC/C=C\CCCCCCCC.NCCOP(=O)(O)O. The minimum atomic E-state index is -4.26. The molecule has 0 spiro atoms. The number of aliphatic hydroxyl groups excluding tert-OH is 1. The molecule has 0 unspecified atom stereocenters. The van der Waals surface area contributed by atoms with Gasteiger partial charge in [0.15, 0.2) is 6.10 Å². The van der Waals surface area contributed by atoms with E-state index in [1.807, 2.05) is 0 Å². The average molecular weight is 762 g/mol. The molecule has 0 saturated carbocycles. The fourth-order valence-corrected chi connectivity index (χ4v) is 5.82. The molecule has 0 aromatic carbocycles. The molecule has 0 aromatic rings. The van der Waals surface area contributed by atoms with Crippen LogP contribution < -0.4 is 5.73 Å². The maximum Gasteiger partial charge on any atom is 0.469 e. The Labute approximate surface area is 318 Å². The predicted octanol–water partition coefficient (Wildman–Crippen LogP) is 10.6. The van der Waals surface area contributed by atoms with Gasteiger partial charge in [0.25, 0.3) is 0 Å². The lowest BCUT2D eigenvalue weighted by Gasteiger charge is -2.15. The quantitative estimate of drug-likeness (QED) is 0.0207. The summed E-state index contributed by atoms with van der Waals surface area (Å²) in [7, 11) is -4.26. The van der Waals surface area contributed by atoms with Gasteiger partial charge in [-0.25, -0.2) is 4.57 Å². The van der Waals surface area contributed by atoms with E-state index in [9.17, 15) is 19.3 Å². The van der Waals surface area contributed by atoms with Gasteiger partial charge in [0.2, 0.25) is 0 Å². The van der Waals surface area contributed by atoms with Gasteiger partial charge < -0.3 is 30.1 Å². The monoisotopic (exact) mass is 762 g/mol. The Bertz CT molecular complexity index is 878. The molecule has 0 fully saturated rings. The van der Waals surface area contributed by atoms with Gasteiger partial charge in [0, 0.05) is 19.4 Å². The highest BCUT2D eigenvalue weighted by molar-refractivity contribution is 7.46. The average Bonchev–Trinajstić information content (AvgIpc) is 3.12. The molecule has 0 aromatic heterocycles. The molecule has 11 heteroatoms. The van der Waals surface area contributed by atoms with Crippen LogP contribution in [0.3, 0.4) is 0 Å². The van der Waals surface area contributed by atoms with Crippen LogP contribution in [0, 0.1) is 0 Å². The zero-order chi connectivity index (χ0) is 38.8. The molecule has 0 aliphatic rings. The Morgan fingerprint density at radius 2 is 0.962 bits per heavy atom. The Morgan fingerprint density at radius 3 is 1.31 bits per heavy atom. The molecule has 0 amide bonds. The number of esters is 2. The number of rotatable bonds is 37. The maximum atomic E-state index is 12.1. The number of hydrogen-bond acceptors (Lipinski definition) is 8. The van der Waals surface area contributed by atoms with Gasteiger partial charge in [-0.1, -0.05) is 141 Å². The number of carbonyl (C=O) groups excluding carboxylic acids is 2. The Balaban J connectivity index is 0. The Kier molecular flexibility index (Phi) is 42.6. The van der Waals surface area contributed by atoms with Crippen molar-refractivity contribution in [2.45, 2.75) is 200 Å². The molecule has 1 atom stereocenters. The number of nitrogens with two attached hydrogens (primary N) is 1. The first-order valence-electron chi connectivity index (χ1n) is 20.9. The number of allylic oxidation sites excluding steroid dienone is 4. The standard InChI is InChI=1S/C39H72O5.C2H8NO4P/c1-3-5-7-9-11-13-15-17-19-21-23-25-27-29-31-33-38(41)43-36-37(35-40)44-39(42)34-32-30-28-26-24-22-20-18-16-14-12-10-8-6-4-2;3-1-2-7-8(4,5)6/h17-20,37,40H,3-16,21-36H2,1-2H3;1-3H2,(H2,4,5,6)/b19-17-,20-18-;/t37-;/m0./s1. The number of hydrogen-bond donors (Lipinski definition) is 4. The van der Waals surface area contributed by atoms with Gasteiger partial charge in [-0.05, 0) is 64.2 Å². The van der Waals surface area contributed by atoms with Crippen molar-refractivity contribution in [1.29, 1.82) is 0 Å². The van der Waals surface area contributed by atoms with Crippen LogP contribution in [0.5, 0.6) is 0 Å². The first kappa shape index (κ1) is 52.6. The summed E-state index contributed by atoms with van der Waals surface area (Å²) in [6.45, 7) is 4.12. The van der Waals surface area contributed by atoms with Crippen LogP contribution in [-0.4, -0.2) is 59.3 Å². The molecule has 10 nitrogen and oxygen atoms in total. The third kappa shape index (κ3) is 46.5. The van der Waals surface area contributed by atoms with Crippen LogP contribution in [0.2, 0.25) is 0 Å². The Morgan fingerprint density at radius 1 is 0.596 bits per heavy atom. The molecule has 5 N–H and O–H groups in total. The van der Waals surface area contributed by atoms with E-state index >= 15 is 0 Å². The summed E-state index contributed by atoms with van der Waals surface area (Å²) in [6, 6.07) is 0. The number of unbranched alkanes of at least 4 members (excludes halogenated alkanes) is 22. The lowest BCUT2D eigenvalue weighted by Crippen LogP contribution is -2.28. The van der Waals surface area contributed by atoms with Crippen molar-refractivity contribution in [2.75, 3.05) is 26.4 Å². The van der Waals surface area contributed by atoms with Gasteiger partial charge in [-0.15, -0.1) is 0 Å². The number of phosphoric acid groups is 1. The van der Waals surface area contributed by atoms with Crippen LogP contribution in [0.25, 0.3) is 0 Å². The molecular weight excluding hydrogens is 681 g/mol. The molecule has 0 aliphatic heterocycles. The number of aliphatic hydroxyl groups is 1. The molecule has 0 aliphatic carbocycles. The molecule has 0 radical (unpaired) electrons. The van der Waals surface area contributed by atoms with Crippen molar-refractivity contribution >= 4 is 19.8 Å². The van der Waals surface area contributed by atoms with E-state index in [-0.39, 0.29) is 38.3 Å². The van der Waals surface area contributed by atoms with Crippen LogP contribution in [0.1, 0.15) is 194 Å². The lowest BCUT2D eigenvalue weighted by atomic mass is 10.1. The van der Waals surface area contributed by atoms with Crippen molar-refractivity contribution < 1.29 is 43.0 Å². The van der Waals surface area contributed by atoms with Gasteiger partial charge in [0.1, 0.15) is 6.61 Å². The van der Waals surface area contributed by atoms with Crippen LogP contribution in [0.15, 0.2) is 24.3 Å². The van der Waals surface area contributed by atoms with E-state index in [1.54, 1.807) is 0 Å². The van der Waals surface area contributed by atoms with Crippen molar-refractivity contribution in [3.8, 4) is 0 Å². The molecule has 0 rings (SSSR count). The molecule has 0 heterocycles. The molecular formula is C41H80NO9P. The van der Waals surface area contributed by atoms with E-state index in [0.717, 1.165) is 51.4 Å². The number of ether oxygens (including phenoxy) is 2. The summed E-state index contributed by atoms with van der Waals surface area (Å²) in [6.07, 6.45) is 40.9. The highest BCUT2D eigenvalue weighted by atomic mass is 31.2. The van der Waals surface area contributed by atoms with E-state index in [4.69, 9.17) is 25.0 Å². The van der Waals surface area contributed by atoms with Crippen molar-refractivity contribution in [3.63, 3.8) is 0 Å². The number of phosphoric ester groups is 1. The fraction of sp³-hybridized carbons (Fsp3) is 0.854. The van der Waals surface area contributed by atoms with Gasteiger partial charge in [0.05, 0.1) is 13.2 Å². The van der Waals surface area contributed by atoms with E-state index in [0.29, 0.717) is 12.8 Å². The lowest BCUT2D eigenvalue weighted by molar-refractivity contribution is -0.161. The second kappa shape index (κ2) is 42.2. The number of carbonyl (C=O) groups is 2. The molecule has 308 valence electrons. The topological polar surface area (TPSA) is 166 Å². The van der Waals surface area contributed by atoms with Gasteiger partial charge in [-0.3, -0.25) is 14.1 Å². The van der Waals surface area contributed by atoms with Crippen LogP contribution in [0.4, 0.5) is 0 Å². The maximum absolute atomic E-state index is 12.1. The van der Waals surface area contributed by atoms with Crippen molar-refractivity contribution in [2.24, 2.45) is 5.73 Å². The van der Waals surface area contributed by atoms with Gasteiger partial charge in [-0.2, -0.15) is 0 Å². The van der Waals surface area contributed by atoms with Crippen LogP contribution >= 0.6 is 7.82 Å². The largest absolute Gasteiger partial charge is 0.469 e. The molecule has 52 heavy (non-hydrogen) atoms. The zero-order valence-corrected chi connectivity index (χ0v) is 34.2. The normalized spacial score (nSPS) is 12.3. The minimum Gasteiger partial charge on any atom is -0.462 e. The Hall–Kier alpha value is -1.55. The van der Waals surface area contributed by atoms with E-state index in [2.05, 4.69) is 42.7 Å². The van der Waals surface area contributed by atoms with Crippen LogP contribution in [-0.2, 0) is 28.2 Å². The summed E-state index contributed by atoms with van der Waals surface area (Å²) in [5.74, 6) is -0.607. The first-order chi connectivity index (χ1) is 25.2. The first-order valence-corrected chi connectivity index (χ1v) is 22.4. The summed E-state index contributed by atoms with van der Waals surface area (Å²) in [5.41, 5.74) is 4.87. The van der Waals surface area contributed by atoms with Gasteiger partial charge >= 0.3 is 19.8 Å². The summed E-state index contributed by atoms with van der Waals surface area (Å²) >= 11 is 0. The van der Waals surface area contributed by atoms with E-state index in [1.165, 1.54) is 116 Å². The third-order valence-corrected chi connectivity index (χ3v) is 9.11. The second-order valence-corrected chi connectivity index (χ2v) is 15.0. The smallest absolute Gasteiger partial charge is 0.462 e.